The maximum Gasteiger partial charge on any atom is 0.339 e. The Morgan fingerprint density at radius 2 is 2.20 bits per heavy atom. The van der Waals surface area contributed by atoms with Crippen molar-refractivity contribution < 1.29 is 14.6 Å². The lowest BCUT2D eigenvalue weighted by Crippen LogP contribution is -2.04. The van der Waals surface area contributed by atoms with Crippen LogP contribution in [-0.4, -0.2) is 33.6 Å². The average molecular weight is 310 g/mol. The molecule has 0 bridgehead atoms. The third-order valence-corrected chi connectivity index (χ3v) is 4.46. The Bertz CT molecular complexity index is 587. The molecule has 106 valence electrons. The molecule has 0 saturated carbocycles. The number of benzene rings is 1. The van der Waals surface area contributed by atoms with Crippen LogP contribution in [0.5, 0.6) is 5.75 Å². The lowest BCUT2D eigenvalue weighted by atomic mass is 10.2. The molecule has 0 aliphatic carbocycles. The van der Waals surface area contributed by atoms with Crippen molar-refractivity contribution in [3.63, 3.8) is 0 Å². The molecule has 0 atom stereocenters. The van der Waals surface area contributed by atoms with Crippen LogP contribution in [0.2, 0.25) is 0 Å². The highest BCUT2D eigenvalue weighted by Gasteiger charge is 2.09. The zero-order chi connectivity index (χ0) is 14.4. The lowest BCUT2D eigenvalue weighted by Gasteiger charge is -2.08. The van der Waals surface area contributed by atoms with Crippen LogP contribution in [0.4, 0.5) is 0 Å². The van der Waals surface area contributed by atoms with Crippen LogP contribution in [0, 0.1) is 6.92 Å². The normalized spacial score (nSPS) is 10.4. The van der Waals surface area contributed by atoms with E-state index in [1.807, 2.05) is 6.92 Å². The molecule has 20 heavy (non-hydrogen) atoms. The second kappa shape index (κ2) is 7.25. The lowest BCUT2D eigenvalue weighted by molar-refractivity contribution is 0.0692. The summed E-state index contributed by atoms with van der Waals surface area (Å²) < 4.78 is 6.47. The number of hydrogen-bond acceptors (Lipinski definition) is 6. The van der Waals surface area contributed by atoms with Gasteiger partial charge in [-0.2, -0.15) is 0 Å². The van der Waals surface area contributed by atoms with Gasteiger partial charge in [-0.1, -0.05) is 35.2 Å². The minimum Gasteiger partial charge on any atom is -0.493 e. The van der Waals surface area contributed by atoms with Crippen molar-refractivity contribution in [3.8, 4) is 5.75 Å². The predicted octanol–water partition coefficient (Wildman–Crippen LogP) is 3.11. The van der Waals surface area contributed by atoms with Crippen molar-refractivity contribution in [1.29, 1.82) is 0 Å². The number of hydrogen-bond donors (Lipinski definition) is 1. The number of carbonyl (C=O) groups is 1. The fourth-order valence-corrected chi connectivity index (χ4v) is 3.31. The van der Waals surface area contributed by atoms with E-state index < -0.39 is 5.97 Å². The number of aryl methyl sites for hydroxylation is 1. The second-order valence-electron chi connectivity index (χ2n) is 3.94. The molecule has 5 nitrogen and oxygen atoms in total. The summed E-state index contributed by atoms with van der Waals surface area (Å²) in [5, 5.41) is 17.9. The molecular weight excluding hydrogens is 296 g/mol. The maximum absolute atomic E-state index is 11.0. The van der Waals surface area contributed by atoms with Gasteiger partial charge in [0, 0.05) is 5.75 Å². The highest BCUT2D eigenvalue weighted by molar-refractivity contribution is 8.01. The highest BCUT2D eigenvalue weighted by atomic mass is 32.2. The number of aromatic nitrogens is 2. The molecule has 1 aromatic heterocycles. The molecule has 0 saturated heterocycles. The molecule has 0 aliphatic heterocycles. The van der Waals surface area contributed by atoms with Crippen molar-refractivity contribution in [3.05, 3.63) is 34.8 Å². The first kappa shape index (κ1) is 14.8. The Hall–Kier alpha value is -1.60. The Balaban J connectivity index is 1.75. The summed E-state index contributed by atoms with van der Waals surface area (Å²) in [7, 11) is 0. The van der Waals surface area contributed by atoms with Gasteiger partial charge < -0.3 is 9.84 Å². The summed E-state index contributed by atoms with van der Waals surface area (Å²) in [5.41, 5.74) is 0.194. The Morgan fingerprint density at radius 1 is 1.40 bits per heavy atom. The molecule has 1 aromatic carbocycles. The van der Waals surface area contributed by atoms with Gasteiger partial charge in [-0.25, -0.2) is 4.79 Å². The molecule has 0 spiro atoms. The van der Waals surface area contributed by atoms with Crippen molar-refractivity contribution in [2.75, 3.05) is 12.4 Å². The number of nitrogens with zero attached hydrogens (tertiary/aromatic N) is 2. The summed E-state index contributed by atoms with van der Waals surface area (Å²) >= 11 is 3.21. The van der Waals surface area contributed by atoms with E-state index >= 15 is 0 Å². The summed E-state index contributed by atoms with van der Waals surface area (Å²) in [4.78, 5) is 11.0. The van der Waals surface area contributed by atoms with Gasteiger partial charge in [-0.15, -0.1) is 10.2 Å². The quantitative estimate of drug-likeness (QED) is 0.626. The Kier molecular flexibility index (Phi) is 5.37. The molecule has 0 radical (unpaired) electrons. The minimum absolute atomic E-state index is 0.194. The first-order valence-electron chi connectivity index (χ1n) is 6.05. The predicted molar refractivity (Wildman–Crippen MR) is 78.9 cm³/mol. The zero-order valence-corrected chi connectivity index (χ0v) is 12.5. The maximum atomic E-state index is 11.0. The molecule has 0 aliphatic rings. The van der Waals surface area contributed by atoms with Gasteiger partial charge in [0.2, 0.25) is 0 Å². The zero-order valence-electron chi connectivity index (χ0n) is 10.9. The van der Waals surface area contributed by atoms with E-state index in [4.69, 9.17) is 9.84 Å². The molecule has 0 amide bonds. The summed E-state index contributed by atoms with van der Waals surface area (Å²) in [6.07, 6.45) is 0.817. The first-order chi connectivity index (χ1) is 9.66. The standard InChI is InChI=1S/C13H14N2O3S2/c1-9-14-15-13(20-9)19-8-4-7-18-11-6-3-2-5-10(11)12(16)17/h2-3,5-6H,4,7-8H2,1H3,(H,16,17). The smallest absolute Gasteiger partial charge is 0.339 e. The number of ether oxygens (including phenoxy) is 1. The topological polar surface area (TPSA) is 72.3 Å². The molecule has 7 heteroatoms. The minimum atomic E-state index is -0.973. The fourth-order valence-electron chi connectivity index (χ4n) is 1.51. The third-order valence-electron chi connectivity index (χ3n) is 2.40. The van der Waals surface area contributed by atoms with Crippen molar-refractivity contribution in [1.82, 2.24) is 10.2 Å². The van der Waals surface area contributed by atoms with E-state index in [9.17, 15) is 4.79 Å². The Morgan fingerprint density at radius 3 is 2.90 bits per heavy atom. The largest absolute Gasteiger partial charge is 0.493 e. The van der Waals surface area contributed by atoms with Crippen LogP contribution in [0.15, 0.2) is 28.6 Å². The van der Waals surface area contributed by atoms with Gasteiger partial charge in [-0.3, -0.25) is 0 Å². The van der Waals surface area contributed by atoms with E-state index in [0.29, 0.717) is 12.4 Å². The SMILES string of the molecule is Cc1nnc(SCCCOc2ccccc2C(=O)O)s1. The summed E-state index contributed by atoms with van der Waals surface area (Å²) in [6, 6.07) is 6.66. The van der Waals surface area contributed by atoms with Crippen molar-refractivity contribution in [2.45, 2.75) is 17.7 Å². The van der Waals surface area contributed by atoms with Gasteiger partial charge in [0.25, 0.3) is 0 Å². The number of aromatic carboxylic acids is 1. The van der Waals surface area contributed by atoms with E-state index in [1.165, 1.54) is 6.07 Å². The van der Waals surface area contributed by atoms with Crippen LogP contribution in [0.1, 0.15) is 21.8 Å². The van der Waals surface area contributed by atoms with Crippen molar-refractivity contribution >= 4 is 29.1 Å². The second-order valence-corrected chi connectivity index (χ2v) is 6.46. The molecule has 1 N–H and O–H groups in total. The highest BCUT2D eigenvalue weighted by Crippen LogP contribution is 2.23. The first-order valence-corrected chi connectivity index (χ1v) is 7.85. The van der Waals surface area contributed by atoms with E-state index in [-0.39, 0.29) is 5.56 Å². The van der Waals surface area contributed by atoms with Crippen LogP contribution < -0.4 is 4.74 Å². The van der Waals surface area contributed by atoms with E-state index in [1.54, 1.807) is 41.3 Å². The number of thioether (sulfide) groups is 1. The van der Waals surface area contributed by atoms with Crippen molar-refractivity contribution in [2.24, 2.45) is 0 Å². The van der Waals surface area contributed by atoms with E-state index in [2.05, 4.69) is 10.2 Å². The van der Waals surface area contributed by atoms with Gasteiger partial charge in [0.15, 0.2) is 4.34 Å². The van der Waals surface area contributed by atoms with Gasteiger partial charge in [0.1, 0.15) is 16.3 Å². The monoisotopic (exact) mass is 310 g/mol. The van der Waals surface area contributed by atoms with E-state index in [0.717, 1.165) is 21.5 Å². The number of carboxylic acid groups (broad SMARTS) is 1. The molecule has 2 aromatic rings. The van der Waals surface area contributed by atoms with Crippen LogP contribution in [-0.2, 0) is 0 Å². The number of rotatable bonds is 7. The molecule has 0 fully saturated rings. The third kappa shape index (κ3) is 4.21. The van der Waals surface area contributed by atoms with Gasteiger partial charge >= 0.3 is 5.97 Å². The average Bonchev–Trinajstić information content (AvgIpc) is 2.84. The molecule has 0 unspecified atom stereocenters. The molecule has 1 heterocycles. The summed E-state index contributed by atoms with van der Waals surface area (Å²) in [5.74, 6) is 0.306. The Labute approximate surface area is 125 Å². The van der Waals surface area contributed by atoms with Crippen LogP contribution in [0.3, 0.4) is 0 Å². The van der Waals surface area contributed by atoms with Gasteiger partial charge in [0.05, 0.1) is 6.61 Å². The summed E-state index contributed by atoms with van der Waals surface area (Å²) in [6.45, 7) is 2.41. The molecule has 2 rings (SSSR count). The van der Waals surface area contributed by atoms with Crippen LogP contribution in [0.25, 0.3) is 0 Å². The fraction of sp³-hybridized carbons (Fsp3) is 0.308. The van der Waals surface area contributed by atoms with Crippen LogP contribution >= 0.6 is 23.1 Å². The molecular formula is C13H14N2O3S2. The van der Waals surface area contributed by atoms with Gasteiger partial charge in [-0.05, 0) is 25.5 Å². The number of carboxylic acids is 1. The number of para-hydroxylation sites is 1.